The Morgan fingerprint density at radius 2 is 1.80 bits per heavy atom. The van der Waals surface area contributed by atoms with Crippen LogP contribution in [0.1, 0.15) is 58.8 Å². The van der Waals surface area contributed by atoms with E-state index in [9.17, 15) is 14.7 Å². The molecule has 0 aromatic carbocycles. The van der Waals surface area contributed by atoms with Crippen molar-refractivity contribution in [1.82, 2.24) is 5.32 Å². The second kappa shape index (κ2) is 7.34. The Morgan fingerprint density at radius 1 is 1.25 bits per heavy atom. The number of hydrogen-bond donors (Lipinski definition) is 2. The van der Waals surface area contributed by atoms with Crippen LogP contribution < -0.4 is 5.32 Å². The van der Waals surface area contributed by atoms with Crippen LogP contribution in [0.3, 0.4) is 0 Å². The highest BCUT2D eigenvalue weighted by Gasteiger charge is 2.38. The second-order valence-corrected chi connectivity index (χ2v) is 7.11. The molecule has 0 spiro atoms. The monoisotopic (exact) mass is 301 g/mol. The third-order valence-electron chi connectivity index (χ3n) is 4.86. The van der Waals surface area contributed by atoms with Gasteiger partial charge in [0.25, 0.3) is 0 Å². The first kappa shape index (κ1) is 17.3. The van der Waals surface area contributed by atoms with Gasteiger partial charge in [0.05, 0.1) is 5.41 Å². The highest BCUT2D eigenvalue weighted by atomic mass is 32.2. The molecule has 1 saturated carbocycles. The lowest BCUT2D eigenvalue weighted by Crippen LogP contribution is -2.42. The summed E-state index contributed by atoms with van der Waals surface area (Å²) in [6.07, 6.45) is 7.87. The quantitative estimate of drug-likeness (QED) is 0.723. The maximum atomic E-state index is 12.1. The molecule has 2 N–H and O–H groups in total. The molecule has 0 heterocycles. The van der Waals surface area contributed by atoms with E-state index in [0.29, 0.717) is 19.4 Å². The molecule has 0 aromatic heterocycles. The molecule has 0 aromatic rings. The number of carbonyl (C=O) groups excluding carboxylic acids is 1. The molecule has 20 heavy (non-hydrogen) atoms. The molecule has 4 nitrogen and oxygen atoms in total. The van der Waals surface area contributed by atoms with E-state index in [2.05, 4.69) is 11.6 Å². The molecule has 1 aliphatic carbocycles. The molecule has 0 bridgehead atoms. The summed E-state index contributed by atoms with van der Waals surface area (Å²) in [7, 11) is 0. The van der Waals surface area contributed by atoms with Crippen molar-refractivity contribution in [3.8, 4) is 0 Å². The lowest BCUT2D eigenvalue weighted by Gasteiger charge is -2.29. The van der Waals surface area contributed by atoms with Gasteiger partial charge < -0.3 is 10.4 Å². The molecule has 0 atom stereocenters. The first-order valence-corrected chi connectivity index (χ1v) is 8.71. The summed E-state index contributed by atoms with van der Waals surface area (Å²) in [4.78, 5) is 23.5. The number of aliphatic carboxylic acids is 1. The van der Waals surface area contributed by atoms with Crippen LogP contribution >= 0.6 is 11.8 Å². The number of thioether (sulfide) groups is 1. The Bertz CT molecular complexity index is 347. The van der Waals surface area contributed by atoms with E-state index in [1.165, 1.54) is 12.8 Å². The van der Waals surface area contributed by atoms with E-state index in [0.717, 1.165) is 12.8 Å². The van der Waals surface area contributed by atoms with E-state index in [4.69, 9.17) is 0 Å². The normalized spacial score (nSPS) is 17.9. The number of hydrogen-bond acceptors (Lipinski definition) is 3. The first-order valence-electron chi connectivity index (χ1n) is 7.49. The van der Waals surface area contributed by atoms with E-state index < -0.39 is 11.4 Å². The Labute approximate surface area is 126 Å². The van der Waals surface area contributed by atoms with E-state index in [-0.39, 0.29) is 17.1 Å². The van der Waals surface area contributed by atoms with Crippen molar-refractivity contribution < 1.29 is 14.7 Å². The zero-order valence-electron chi connectivity index (χ0n) is 12.8. The molecular formula is C15H27NO3S. The molecule has 1 fully saturated rings. The topological polar surface area (TPSA) is 66.4 Å². The predicted octanol–water partition coefficient (Wildman–Crippen LogP) is 3.06. The van der Waals surface area contributed by atoms with Crippen LogP contribution in [-0.2, 0) is 9.59 Å². The van der Waals surface area contributed by atoms with Crippen LogP contribution in [-0.4, -0.2) is 34.5 Å². The van der Waals surface area contributed by atoms with Crippen LogP contribution in [0.15, 0.2) is 0 Å². The average Bonchev–Trinajstić information content (AvgIpc) is 2.92. The van der Waals surface area contributed by atoms with Crippen molar-refractivity contribution in [1.29, 1.82) is 0 Å². The number of carbonyl (C=O) groups is 2. The standard InChI is InChI=1S/C15H27NO3S/c1-4-14(5-2,13(18)19)10-12(17)16-11-15(20-3)8-6-7-9-15/h4-11H2,1-3H3,(H,16,17)(H,18,19). The number of carboxylic acid groups (broad SMARTS) is 1. The Kier molecular flexibility index (Phi) is 6.37. The fourth-order valence-corrected chi connectivity index (χ4v) is 3.89. The largest absolute Gasteiger partial charge is 0.481 e. The van der Waals surface area contributed by atoms with E-state index in [1.54, 1.807) is 0 Å². The van der Waals surface area contributed by atoms with Crippen molar-refractivity contribution in [2.45, 2.75) is 63.5 Å². The second-order valence-electron chi connectivity index (χ2n) is 5.84. The molecule has 116 valence electrons. The van der Waals surface area contributed by atoms with E-state index >= 15 is 0 Å². The molecule has 0 radical (unpaired) electrons. The van der Waals surface area contributed by atoms with Gasteiger partial charge in [-0.25, -0.2) is 0 Å². The van der Waals surface area contributed by atoms with Gasteiger partial charge in [-0.3, -0.25) is 9.59 Å². The molecule has 1 amide bonds. The van der Waals surface area contributed by atoms with Crippen molar-refractivity contribution in [2.75, 3.05) is 12.8 Å². The molecule has 1 rings (SSSR count). The number of carboxylic acids is 1. The van der Waals surface area contributed by atoms with E-state index in [1.807, 2.05) is 25.6 Å². The number of nitrogens with one attached hydrogen (secondary N) is 1. The van der Waals surface area contributed by atoms with Crippen molar-refractivity contribution >= 4 is 23.6 Å². The zero-order valence-corrected chi connectivity index (χ0v) is 13.6. The molecule has 0 unspecified atom stereocenters. The zero-order chi connectivity index (χ0) is 15.2. The van der Waals surface area contributed by atoms with Gasteiger partial charge in [-0.2, -0.15) is 11.8 Å². The third kappa shape index (κ3) is 3.90. The first-order chi connectivity index (χ1) is 9.43. The highest BCUT2D eigenvalue weighted by molar-refractivity contribution is 8.00. The van der Waals surface area contributed by atoms with Gasteiger partial charge in [0.1, 0.15) is 0 Å². The van der Waals surface area contributed by atoms with Crippen LogP contribution in [0.5, 0.6) is 0 Å². The van der Waals surface area contributed by atoms with Gasteiger partial charge in [0, 0.05) is 17.7 Å². The van der Waals surface area contributed by atoms with Crippen LogP contribution in [0.2, 0.25) is 0 Å². The fraction of sp³-hybridized carbons (Fsp3) is 0.867. The summed E-state index contributed by atoms with van der Waals surface area (Å²) in [6.45, 7) is 4.34. The fourth-order valence-electron chi connectivity index (χ4n) is 2.98. The Balaban J connectivity index is 2.56. The lowest BCUT2D eigenvalue weighted by atomic mass is 9.79. The van der Waals surface area contributed by atoms with Crippen molar-refractivity contribution in [3.63, 3.8) is 0 Å². The van der Waals surface area contributed by atoms with Crippen LogP contribution in [0, 0.1) is 5.41 Å². The summed E-state index contributed by atoms with van der Waals surface area (Å²) >= 11 is 1.83. The summed E-state index contributed by atoms with van der Waals surface area (Å²) in [5, 5.41) is 12.3. The van der Waals surface area contributed by atoms with Gasteiger partial charge >= 0.3 is 5.97 Å². The Morgan fingerprint density at radius 3 is 2.20 bits per heavy atom. The van der Waals surface area contributed by atoms with Gasteiger partial charge in [0.2, 0.25) is 5.91 Å². The highest BCUT2D eigenvalue weighted by Crippen LogP contribution is 2.39. The molecule has 0 aliphatic heterocycles. The van der Waals surface area contributed by atoms with Gasteiger partial charge in [-0.1, -0.05) is 26.7 Å². The SMILES string of the molecule is CCC(CC)(CC(=O)NCC1(SC)CCCC1)C(=O)O. The minimum atomic E-state index is -0.910. The summed E-state index contributed by atoms with van der Waals surface area (Å²) in [5.74, 6) is -0.991. The summed E-state index contributed by atoms with van der Waals surface area (Å²) < 4.78 is 0.167. The minimum absolute atomic E-state index is 0.0831. The lowest BCUT2D eigenvalue weighted by molar-refractivity contribution is -0.152. The maximum Gasteiger partial charge on any atom is 0.310 e. The van der Waals surface area contributed by atoms with Gasteiger partial charge in [-0.05, 0) is 31.9 Å². The van der Waals surface area contributed by atoms with Crippen molar-refractivity contribution in [3.05, 3.63) is 0 Å². The Hall–Kier alpha value is -0.710. The molecular weight excluding hydrogens is 274 g/mol. The minimum Gasteiger partial charge on any atom is -0.481 e. The number of rotatable bonds is 8. The molecule has 1 aliphatic rings. The molecule has 0 saturated heterocycles. The summed E-state index contributed by atoms with van der Waals surface area (Å²) in [5.41, 5.74) is -0.910. The predicted molar refractivity (Wildman–Crippen MR) is 83.0 cm³/mol. The number of amides is 1. The maximum absolute atomic E-state index is 12.1. The molecule has 5 heteroatoms. The average molecular weight is 301 g/mol. The van der Waals surface area contributed by atoms with Gasteiger partial charge in [0.15, 0.2) is 0 Å². The third-order valence-corrected chi connectivity index (χ3v) is 6.28. The summed E-state index contributed by atoms with van der Waals surface area (Å²) in [6, 6.07) is 0. The van der Waals surface area contributed by atoms with Crippen LogP contribution in [0.4, 0.5) is 0 Å². The van der Waals surface area contributed by atoms with Crippen molar-refractivity contribution in [2.24, 2.45) is 5.41 Å². The van der Waals surface area contributed by atoms with Crippen LogP contribution in [0.25, 0.3) is 0 Å². The smallest absolute Gasteiger partial charge is 0.310 e. The van der Waals surface area contributed by atoms with Gasteiger partial charge in [-0.15, -0.1) is 0 Å².